The van der Waals surface area contributed by atoms with Gasteiger partial charge in [0.1, 0.15) is 18.6 Å². The average Bonchev–Trinajstić information content (AvgIpc) is 3.13. The molecule has 0 bridgehead atoms. The van der Waals surface area contributed by atoms with Crippen molar-refractivity contribution in [3.8, 4) is 5.75 Å². The molecule has 1 aromatic heterocycles. The van der Waals surface area contributed by atoms with Crippen molar-refractivity contribution >= 4 is 26.6 Å². The normalized spacial score (nSPS) is 17.6. The highest BCUT2D eigenvalue weighted by molar-refractivity contribution is 7.92. The summed E-state index contributed by atoms with van der Waals surface area (Å²) in [5.74, 6) is 1.22. The lowest BCUT2D eigenvalue weighted by Gasteiger charge is -2.22. The van der Waals surface area contributed by atoms with Crippen molar-refractivity contribution in [3.63, 3.8) is 0 Å². The summed E-state index contributed by atoms with van der Waals surface area (Å²) in [5, 5.41) is 18.0. The predicted molar refractivity (Wildman–Crippen MR) is 136 cm³/mol. The van der Waals surface area contributed by atoms with E-state index in [0.29, 0.717) is 30.3 Å². The fourth-order valence-corrected chi connectivity index (χ4v) is 5.11. The molecule has 0 radical (unpaired) electrons. The van der Waals surface area contributed by atoms with E-state index in [4.69, 9.17) is 4.74 Å². The van der Waals surface area contributed by atoms with Gasteiger partial charge in [-0.1, -0.05) is 12.1 Å². The van der Waals surface area contributed by atoms with Crippen molar-refractivity contribution in [1.82, 2.24) is 15.6 Å². The Morgan fingerprint density at radius 2 is 2.09 bits per heavy atom. The van der Waals surface area contributed by atoms with Crippen LogP contribution in [0.1, 0.15) is 35.6 Å². The number of hydrogen-bond donors (Lipinski definition) is 5. The minimum atomic E-state index is -3.31. The summed E-state index contributed by atoms with van der Waals surface area (Å²) in [5.41, 5.74) is 5.15. The Bertz CT molecular complexity index is 1220. The Hall–Kier alpha value is -2.59. The quantitative estimate of drug-likeness (QED) is 0.282. The third-order valence-corrected chi connectivity index (χ3v) is 6.81. The monoisotopic (exact) mass is 486 g/mol. The third-order valence-electron chi connectivity index (χ3n) is 6.21. The first-order valence-electron chi connectivity index (χ1n) is 11.7. The van der Waals surface area contributed by atoms with Gasteiger partial charge in [0.15, 0.2) is 0 Å². The number of hydrogen-bond acceptors (Lipinski definition) is 6. The lowest BCUT2D eigenvalue weighted by Crippen LogP contribution is -2.35. The highest BCUT2D eigenvalue weighted by atomic mass is 32.2. The second-order valence-corrected chi connectivity index (χ2v) is 10.8. The molecule has 4 rings (SSSR count). The fraction of sp³-hybridized carbons (Fsp3) is 0.440. The minimum Gasteiger partial charge on any atom is -0.489 e. The highest BCUT2D eigenvalue weighted by Gasteiger charge is 2.20. The molecule has 0 amide bonds. The van der Waals surface area contributed by atoms with E-state index in [2.05, 4.69) is 33.3 Å². The zero-order valence-corrected chi connectivity index (χ0v) is 20.5. The van der Waals surface area contributed by atoms with Gasteiger partial charge in [0.2, 0.25) is 10.0 Å². The number of aromatic nitrogens is 1. The molecule has 1 unspecified atom stereocenters. The maximum Gasteiger partial charge on any atom is 0.229 e. The van der Waals surface area contributed by atoms with Crippen LogP contribution in [0, 0.1) is 6.92 Å². The van der Waals surface area contributed by atoms with Gasteiger partial charge >= 0.3 is 0 Å². The maximum atomic E-state index is 11.4. The number of anilines is 1. The van der Waals surface area contributed by atoms with Crippen LogP contribution in [0.4, 0.5) is 5.69 Å². The van der Waals surface area contributed by atoms with Gasteiger partial charge in [-0.05, 0) is 68.1 Å². The number of benzene rings is 2. The molecule has 2 heterocycles. The van der Waals surface area contributed by atoms with Crippen molar-refractivity contribution in [3.05, 3.63) is 59.3 Å². The molecule has 8 nitrogen and oxygen atoms in total. The van der Waals surface area contributed by atoms with Crippen LogP contribution in [-0.2, 0) is 16.4 Å². The molecule has 2 atom stereocenters. The summed E-state index contributed by atoms with van der Waals surface area (Å²) in [6.45, 7) is 4.93. The average molecular weight is 487 g/mol. The highest BCUT2D eigenvalue weighted by Crippen LogP contribution is 2.32. The van der Waals surface area contributed by atoms with E-state index in [1.54, 1.807) is 18.2 Å². The molecule has 0 spiro atoms. The van der Waals surface area contributed by atoms with Crippen LogP contribution in [0.2, 0.25) is 0 Å². The number of piperidine rings is 1. The number of aromatic amines is 1. The fourth-order valence-electron chi connectivity index (χ4n) is 4.56. The molecule has 1 aliphatic rings. The maximum absolute atomic E-state index is 11.4. The lowest BCUT2D eigenvalue weighted by atomic mass is 9.93. The Labute approximate surface area is 201 Å². The number of fused-ring (bicyclic) bond motifs is 1. The molecule has 9 heteroatoms. The molecule has 1 saturated heterocycles. The largest absolute Gasteiger partial charge is 0.489 e. The van der Waals surface area contributed by atoms with Crippen molar-refractivity contribution < 1.29 is 18.3 Å². The number of nitrogens with one attached hydrogen (secondary N) is 4. The van der Waals surface area contributed by atoms with Crippen molar-refractivity contribution in [1.29, 1.82) is 0 Å². The van der Waals surface area contributed by atoms with Gasteiger partial charge in [-0.3, -0.25) is 10.0 Å². The first kappa shape index (κ1) is 24.5. The van der Waals surface area contributed by atoms with E-state index < -0.39 is 16.3 Å². The van der Waals surface area contributed by atoms with Gasteiger partial charge in [0.05, 0.1) is 6.26 Å². The summed E-state index contributed by atoms with van der Waals surface area (Å²) >= 11 is 0. The Morgan fingerprint density at radius 3 is 2.85 bits per heavy atom. The standard InChI is InChI=1S/C25H34N4O4S/c1-17-22-9-8-21(14-23(22)28-25(17)19-6-4-11-26-15-19)33-16-24(30)27-12-10-18-5-3-7-20(13-18)29-34(2,31)32/h3,5,7-9,13-14,19,24,26-30H,4,6,10-12,15-16H2,1-2H3/t19?,24-/m1/s1. The summed E-state index contributed by atoms with van der Waals surface area (Å²) in [7, 11) is -3.31. The van der Waals surface area contributed by atoms with Crippen LogP contribution in [0.25, 0.3) is 10.9 Å². The molecule has 1 aliphatic heterocycles. The predicted octanol–water partition coefficient (Wildman–Crippen LogP) is 2.84. The Kier molecular flexibility index (Phi) is 7.77. The molecule has 2 aromatic carbocycles. The van der Waals surface area contributed by atoms with Crippen LogP contribution < -0.4 is 20.1 Å². The van der Waals surface area contributed by atoms with E-state index in [-0.39, 0.29) is 6.61 Å². The number of aryl methyl sites for hydroxylation is 1. The van der Waals surface area contributed by atoms with Gasteiger partial charge in [-0.15, -0.1) is 0 Å². The molecule has 184 valence electrons. The number of H-pyrrole nitrogens is 1. The van der Waals surface area contributed by atoms with Crippen LogP contribution in [0.15, 0.2) is 42.5 Å². The zero-order valence-electron chi connectivity index (χ0n) is 19.7. The van der Waals surface area contributed by atoms with Gasteiger partial charge in [0, 0.05) is 47.4 Å². The summed E-state index contributed by atoms with van der Waals surface area (Å²) in [6.07, 6.45) is 3.34. The van der Waals surface area contributed by atoms with E-state index in [9.17, 15) is 13.5 Å². The van der Waals surface area contributed by atoms with Crippen molar-refractivity contribution in [2.75, 3.05) is 37.2 Å². The number of aliphatic hydroxyl groups excluding tert-OH is 1. The number of ether oxygens (including phenoxy) is 1. The molecule has 34 heavy (non-hydrogen) atoms. The van der Waals surface area contributed by atoms with Gasteiger partial charge in [-0.2, -0.15) is 0 Å². The van der Waals surface area contributed by atoms with E-state index in [1.807, 2.05) is 18.2 Å². The van der Waals surface area contributed by atoms with E-state index in [1.165, 1.54) is 29.5 Å². The summed E-state index contributed by atoms with van der Waals surface area (Å²) in [6, 6.07) is 13.2. The molecular formula is C25H34N4O4S. The van der Waals surface area contributed by atoms with Crippen molar-refractivity contribution in [2.24, 2.45) is 0 Å². The van der Waals surface area contributed by atoms with E-state index >= 15 is 0 Å². The van der Waals surface area contributed by atoms with Crippen LogP contribution >= 0.6 is 0 Å². The number of aliphatic hydroxyl groups is 1. The zero-order chi connectivity index (χ0) is 24.1. The smallest absolute Gasteiger partial charge is 0.229 e. The van der Waals surface area contributed by atoms with Crippen LogP contribution in [0.3, 0.4) is 0 Å². The van der Waals surface area contributed by atoms with Gasteiger partial charge < -0.3 is 20.1 Å². The molecular weight excluding hydrogens is 452 g/mol. The molecule has 3 aromatic rings. The summed E-state index contributed by atoms with van der Waals surface area (Å²) in [4.78, 5) is 3.59. The first-order chi connectivity index (χ1) is 16.3. The van der Waals surface area contributed by atoms with Gasteiger partial charge in [-0.25, -0.2) is 8.42 Å². The SMILES string of the molecule is Cc1c(C2CCCNC2)[nH]c2cc(OC[C@@H](O)NCCc3cccc(NS(C)(=O)=O)c3)ccc12. The Balaban J connectivity index is 1.28. The van der Waals surface area contributed by atoms with Crippen LogP contribution in [-0.4, -0.2) is 57.2 Å². The number of sulfonamides is 1. The third kappa shape index (κ3) is 6.50. The molecule has 0 aliphatic carbocycles. The van der Waals surface area contributed by atoms with Gasteiger partial charge in [0.25, 0.3) is 0 Å². The van der Waals surface area contributed by atoms with Crippen molar-refractivity contribution in [2.45, 2.75) is 38.3 Å². The second-order valence-electron chi connectivity index (χ2n) is 9.02. The summed E-state index contributed by atoms with van der Waals surface area (Å²) < 4.78 is 31.1. The lowest BCUT2D eigenvalue weighted by molar-refractivity contribution is 0.0796. The first-order valence-corrected chi connectivity index (χ1v) is 13.6. The minimum absolute atomic E-state index is 0.125. The topological polar surface area (TPSA) is 115 Å². The molecule has 1 fully saturated rings. The van der Waals surface area contributed by atoms with E-state index in [0.717, 1.165) is 30.4 Å². The Morgan fingerprint density at radius 1 is 1.24 bits per heavy atom. The second kappa shape index (κ2) is 10.8. The molecule has 5 N–H and O–H groups in total. The molecule has 0 saturated carbocycles. The number of rotatable bonds is 10. The van der Waals surface area contributed by atoms with Crippen LogP contribution in [0.5, 0.6) is 5.75 Å².